The summed E-state index contributed by atoms with van der Waals surface area (Å²) in [6, 6.07) is 5.09. The highest BCUT2D eigenvalue weighted by molar-refractivity contribution is 5.86. The van der Waals surface area contributed by atoms with Crippen molar-refractivity contribution in [1.82, 2.24) is 10.6 Å². The summed E-state index contributed by atoms with van der Waals surface area (Å²) >= 11 is 0. The SMILES string of the molecule is CCC(C)C(NC(=O)OC(C)(C)C)C(=O)NCCc1ccc2c(c1)OCO2. The minimum atomic E-state index is -0.637. The lowest BCUT2D eigenvalue weighted by molar-refractivity contribution is -0.124. The minimum absolute atomic E-state index is 0.0111. The monoisotopic (exact) mass is 378 g/mol. The van der Waals surface area contributed by atoms with E-state index in [0.717, 1.165) is 23.5 Å². The van der Waals surface area contributed by atoms with Crippen LogP contribution in [0.4, 0.5) is 4.79 Å². The molecule has 1 aliphatic rings. The third-order valence-corrected chi connectivity index (χ3v) is 4.32. The average molecular weight is 378 g/mol. The molecule has 2 amide bonds. The molecule has 0 saturated heterocycles. The van der Waals surface area contributed by atoms with Crippen LogP contribution in [0, 0.1) is 5.92 Å². The summed E-state index contributed by atoms with van der Waals surface area (Å²) in [6.45, 7) is 9.97. The lowest BCUT2D eigenvalue weighted by Gasteiger charge is -2.26. The summed E-state index contributed by atoms with van der Waals surface area (Å²) in [6.07, 6.45) is 0.830. The summed E-state index contributed by atoms with van der Waals surface area (Å²) < 4.78 is 15.9. The Bertz CT molecular complexity index is 669. The second-order valence-corrected chi connectivity index (χ2v) is 7.74. The van der Waals surface area contributed by atoms with Gasteiger partial charge < -0.3 is 24.8 Å². The Labute approximate surface area is 160 Å². The summed E-state index contributed by atoms with van der Waals surface area (Å²) in [7, 11) is 0. The second kappa shape index (κ2) is 8.97. The minimum Gasteiger partial charge on any atom is -0.454 e. The molecule has 2 rings (SSSR count). The molecule has 0 bridgehead atoms. The fourth-order valence-corrected chi connectivity index (χ4v) is 2.67. The maximum absolute atomic E-state index is 12.6. The van der Waals surface area contributed by atoms with Crippen molar-refractivity contribution in [2.24, 2.45) is 5.92 Å². The molecule has 1 aromatic carbocycles. The van der Waals surface area contributed by atoms with E-state index in [4.69, 9.17) is 14.2 Å². The molecule has 1 aliphatic heterocycles. The number of hydrogen-bond donors (Lipinski definition) is 2. The van der Waals surface area contributed by atoms with Crippen molar-refractivity contribution >= 4 is 12.0 Å². The molecule has 150 valence electrons. The smallest absolute Gasteiger partial charge is 0.408 e. The topological polar surface area (TPSA) is 85.9 Å². The second-order valence-electron chi connectivity index (χ2n) is 7.74. The predicted molar refractivity (Wildman–Crippen MR) is 102 cm³/mol. The van der Waals surface area contributed by atoms with Crippen molar-refractivity contribution < 1.29 is 23.8 Å². The zero-order valence-corrected chi connectivity index (χ0v) is 16.8. The van der Waals surface area contributed by atoms with Gasteiger partial charge in [-0.05, 0) is 50.8 Å². The number of ether oxygens (including phenoxy) is 3. The van der Waals surface area contributed by atoms with Gasteiger partial charge in [-0.25, -0.2) is 4.79 Å². The van der Waals surface area contributed by atoms with Crippen molar-refractivity contribution in [3.8, 4) is 11.5 Å². The highest BCUT2D eigenvalue weighted by Gasteiger charge is 2.28. The average Bonchev–Trinajstić information content (AvgIpc) is 3.05. The highest BCUT2D eigenvalue weighted by Crippen LogP contribution is 2.32. The molecule has 0 saturated carbocycles. The number of nitrogens with one attached hydrogen (secondary N) is 2. The molecule has 2 atom stereocenters. The van der Waals surface area contributed by atoms with Gasteiger partial charge in [0.1, 0.15) is 11.6 Å². The molecule has 1 heterocycles. The van der Waals surface area contributed by atoms with Gasteiger partial charge in [0.05, 0.1) is 0 Å². The van der Waals surface area contributed by atoms with Gasteiger partial charge in [0.2, 0.25) is 12.7 Å². The van der Waals surface area contributed by atoms with Crippen molar-refractivity contribution in [3.63, 3.8) is 0 Å². The molecule has 0 aromatic heterocycles. The number of benzene rings is 1. The fraction of sp³-hybridized carbons (Fsp3) is 0.600. The van der Waals surface area contributed by atoms with Crippen molar-refractivity contribution in [3.05, 3.63) is 23.8 Å². The molecule has 0 spiro atoms. The van der Waals surface area contributed by atoms with Crippen LogP contribution < -0.4 is 20.1 Å². The molecule has 2 N–H and O–H groups in total. The van der Waals surface area contributed by atoms with E-state index in [-0.39, 0.29) is 18.6 Å². The number of rotatable bonds is 7. The summed E-state index contributed by atoms with van der Waals surface area (Å²) in [5.74, 6) is 1.24. The van der Waals surface area contributed by atoms with Gasteiger partial charge in [0, 0.05) is 6.54 Å². The van der Waals surface area contributed by atoms with Gasteiger partial charge in [-0.1, -0.05) is 26.3 Å². The number of amides is 2. The molecule has 1 aromatic rings. The lowest BCUT2D eigenvalue weighted by Crippen LogP contribution is -2.51. The Morgan fingerprint density at radius 2 is 1.93 bits per heavy atom. The van der Waals surface area contributed by atoms with Crippen LogP contribution in [0.1, 0.15) is 46.6 Å². The lowest BCUT2D eigenvalue weighted by atomic mass is 9.98. The molecule has 0 fully saturated rings. The van der Waals surface area contributed by atoms with E-state index in [1.165, 1.54) is 0 Å². The zero-order chi connectivity index (χ0) is 20.0. The van der Waals surface area contributed by atoms with Gasteiger partial charge >= 0.3 is 6.09 Å². The van der Waals surface area contributed by atoms with Gasteiger partial charge in [0.25, 0.3) is 0 Å². The fourth-order valence-electron chi connectivity index (χ4n) is 2.67. The Hall–Kier alpha value is -2.44. The Morgan fingerprint density at radius 3 is 2.59 bits per heavy atom. The molecule has 27 heavy (non-hydrogen) atoms. The number of alkyl carbamates (subject to hydrolysis) is 1. The van der Waals surface area contributed by atoms with E-state index < -0.39 is 17.7 Å². The molecule has 0 aliphatic carbocycles. The quantitative estimate of drug-likeness (QED) is 0.762. The van der Waals surface area contributed by atoms with Crippen LogP contribution in [-0.2, 0) is 16.0 Å². The number of carbonyl (C=O) groups excluding carboxylic acids is 2. The predicted octanol–water partition coefficient (Wildman–Crippen LogP) is 3.01. The van der Waals surface area contributed by atoms with Crippen LogP contribution in [0.5, 0.6) is 11.5 Å². The van der Waals surface area contributed by atoms with Gasteiger partial charge in [-0.2, -0.15) is 0 Å². The first-order valence-electron chi connectivity index (χ1n) is 9.35. The van der Waals surface area contributed by atoms with Gasteiger partial charge in [0.15, 0.2) is 11.5 Å². The normalized spacial score (nSPS) is 15.0. The van der Waals surface area contributed by atoms with Gasteiger partial charge in [-0.3, -0.25) is 4.79 Å². The van der Waals surface area contributed by atoms with Crippen LogP contribution in [0.15, 0.2) is 18.2 Å². The summed E-state index contributed by atoms with van der Waals surface area (Å²) in [4.78, 5) is 24.7. The van der Waals surface area contributed by atoms with Crippen LogP contribution in [-0.4, -0.2) is 37.0 Å². The third-order valence-electron chi connectivity index (χ3n) is 4.32. The van der Waals surface area contributed by atoms with Crippen molar-refractivity contribution in [1.29, 1.82) is 0 Å². The van der Waals surface area contributed by atoms with Crippen LogP contribution in [0.25, 0.3) is 0 Å². The Kier molecular flexibility index (Phi) is 6.93. The Balaban J connectivity index is 1.88. The molecule has 0 radical (unpaired) electrons. The van der Waals surface area contributed by atoms with Gasteiger partial charge in [-0.15, -0.1) is 0 Å². The molecule has 7 heteroatoms. The van der Waals surface area contributed by atoms with E-state index >= 15 is 0 Å². The van der Waals surface area contributed by atoms with E-state index in [2.05, 4.69) is 10.6 Å². The van der Waals surface area contributed by atoms with E-state index in [1.807, 2.05) is 32.0 Å². The largest absolute Gasteiger partial charge is 0.454 e. The molecular formula is C20H30N2O5. The molecule has 2 unspecified atom stereocenters. The summed E-state index contributed by atoms with van der Waals surface area (Å²) in [5, 5.41) is 5.60. The van der Waals surface area contributed by atoms with Crippen LogP contribution >= 0.6 is 0 Å². The number of carbonyl (C=O) groups is 2. The first-order chi connectivity index (χ1) is 12.7. The van der Waals surface area contributed by atoms with E-state index in [9.17, 15) is 9.59 Å². The first kappa shape index (κ1) is 20.9. The Morgan fingerprint density at radius 1 is 1.22 bits per heavy atom. The van der Waals surface area contributed by atoms with Crippen LogP contribution in [0.2, 0.25) is 0 Å². The third kappa shape index (κ3) is 6.34. The molecule has 7 nitrogen and oxygen atoms in total. The summed E-state index contributed by atoms with van der Waals surface area (Å²) in [5.41, 5.74) is 0.430. The van der Waals surface area contributed by atoms with Crippen LogP contribution in [0.3, 0.4) is 0 Å². The number of fused-ring (bicyclic) bond motifs is 1. The molecular weight excluding hydrogens is 348 g/mol. The maximum Gasteiger partial charge on any atom is 0.408 e. The number of hydrogen-bond acceptors (Lipinski definition) is 5. The van der Waals surface area contributed by atoms with E-state index in [1.54, 1.807) is 20.8 Å². The first-order valence-corrected chi connectivity index (χ1v) is 9.35. The highest BCUT2D eigenvalue weighted by atomic mass is 16.7. The van der Waals surface area contributed by atoms with Crippen molar-refractivity contribution in [2.45, 2.75) is 59.1 Å². The van der Waals surface area contributed by atoms with Crippen molar-refractivity contribution in [2.75, 3.05) is 13.3 Å². The zero-order valence-electron chi connectivity index (χ0n) is 16.8. The van der Waals surface area contributed by atoms with E-state index in [0.29, 0.717) is 13.0 Å². The standard InChI is InChI=1S/C20H30N2O5/c1-6-13(2)17(22-19(24)27-20(3,4)5)18(23)21-10-9-14-7-8-15-16(11-14)26-12-25-15/h7-8,11,13,17H,6,9-10,12H2,1-5H3,(H,21,23)(H,22,24). The maximum atomic E-state index is 12.6.